The summed E-state index contributed by atoms with van der Waals surface area (Å²) >= 11 is 0. The van der Waals surface area contributed by atoms with Gasteiger partial charge in [0.25, 0.3) is 0 Å². The van der Waals surface area contributed by atoms with Gasteiger partial charge in [0.1, 0.15) is 16.9 Å². The molecule has 2 aliphatic rings. The van der Waals surface area contributed by atoms with E-state index in [1.165, 1.54) is 0 Å². The van der Waals surface area contributed by atoms with Gasteiger partial charge in [0, 0.05) is 49.3 Å². The lowest BCUT2D eigenvalue weighted by atomic mass is 10.00. The normalized spacial score (nSPS) is 12.3. The Balaban J connectivity index is 1.24. The fourth-order valence-corrected chi connectivity index (χ4v) is 8.70. The van der Waals surface area contributed by atoms with Gasteiger partial charge < -0.3 is 9.97 Å². The summed E-state index contributed by atoms with van der Waals surface area (Å²) in [5, 5.41) is 13.0. The van der Waals surface area contributed by atoms with Gasteiger partial charge in [-0.05, 0) is 97.7 Å². The Kier molecular flexibility index (Phi) is 5.77. The first-order chi connectivity index (χ1) is 27.7. The van der Waals surface area contributed by atoms with E-state index in [9.17, 15) is 0 Å². The monoisotopic (exact) mass is 713 g/mol. The van der Waals surface area contributed by atoms with E-state index in [1.807, 2.05) is 0 Å². The zero-order valence-electron chi connectivity index (χ0n) is 29.7. The van der Waals surface area contributed by atoms with Crippen molar-refractivity contribution in [1.29, 1.82) is 0 Å². The predicted molar refractivity (Wildman–Crippen MR) is 228 cm³/mol. The molecule has 0 spiro atoms. The third-order valence-corrected chi connectivity index (χ3v) is 11.5. The van der Waals surface area contributed by atoms with Gasteiger partial charge in [-0.15, -0.1) is 0 Å². The lowest BCUT2D eigenvalue weighted by Gasteiger charge is -2.03. The molecule has 5 heterocycles. The van der Waals surface area contributed by atoms with E-state index in [0.717, 1.165) is 104 Å². The molecule has 3 aromatic heterocycles. The van der Waals surface area contributed by atoms with E-state index in [-0.39, 0.29) is 0 Å². The van der Waals surface area contributed by atoms with Crippen molar-refractivity contribution in [2.45, 2.75) is 0 Å². The highest BCUT2D eigenvalue weighted by Gasteiger charge is 2.23. The average molecular weight is 714 g/mol. The summed E-state index contributed by atoms with van der Waals surface area (Å²) in [7, 11) is 0. The molecule has 8 aromatic carbocycles. The van der Waals surface area contributed by atoms with Crippen LogP contribution in [-0.2, 0) is 0 Å². The first kappa shape index (κ1) is 29.7. The third kappa shape index (κ3) is 4.30. The molecule has 8 bridgehead atoms. The summed E-state index contributed by atoms with van der Waals surface area (Å²) < 4.78 is 0. The minimum atomic E-state index is 0.596. The van der Waals surface area contributed by atoms with Crippen molar-refractivity contribution in [3.05, 3.63) is 152 Å². The minimum absolute atomic E-state index is 0.596. The number of aromatic amines is 2. The van der Waals surface area contributed by atoms with Gasteiger partial charge in [-0.25, -0.2) is 24.9 Å². The standard InChI is InChI=1S/C49H27N7/c1-3-11-28-19-36-34(17-26(28)9-1)42-25-43-35-18-27-10-2-4-12-29(27)20-37(35)45(51-43)53-47-39-22-31-14-6-8-16-33(31)24-41(39)49(55-47)56-48-40-23-32-15-7-5-13-30(32)21-38(40)46(54-48)52-44(36)50-42/h1-25H,(H2,50,51,52,53,54,55,56). The van der Waals surface area contributed by atoms with Crippen LogP contribution in [0.5, 0.6) is 0 Å². The first-order valence-corrected chi connectivity index (χ1v) is 18.7. The zero-order valence-corrected chi connectivity index (χ0v) is 29.7. The molecule has 0 saturated carbocycles. The summed E-state index contributed by atoms with van der Waals surface area (Å²) in [5.74, 6) is 1.85. The smallest absolute Gasteiger partial charge is 0.164 e. The molecule has 7 nitrogen and oxygen atoms in total. The van der Waals surface area contributed by atoms with E-state index in [0.29, 0.717) is 28.8 Å². The van der Waals surface area contributed by atoms with Crippen molar-refractivity contribution >= 4 is 87.1 Å². The molecular weight excluding hydrogens is 687 g/mol. The van der Waals surface area contributed by atoms with Gasteiger partial charge >= 0.3 is 0 Å². The van der Waals surface area contributed by atoms with Crippen LogP contribution in [0.15, 0.2) is 152 Å². The molecule has 0 atom stereocenters. The highest BCUT2D eigenvalue weighted by Crippen LogP contribution is 2.41. The Hall–Kier alpha value is -7.77. The summed E-state index contributed by atoms with van der Waals surface area (Å²) in [4.78, 5) is 33.9. The quantitative estimate of drug-likeness (QED) is 0.163. The van der Waals surface area contributed by atoms with Crippen LogP contribution in [0.25, 0.3) is 133 Å². The van der Waals surface area contributed by atoms with Crippen molar-refractivity contribution < 1.29 is 0 Å². The van der Waals surface area contributed by atoms with Crippen molar-refractivity contribution in [3.63, 3.8) is 0 Å². The maximum Gasteiger partial charge on any atom is 0.164 e. The number of H-pyrrole nitrogens is 2. The molecular formula is C49H27N7. The molecule has 0 unspecified atom stereocenters. The van der Waals surface area contributed by atoms with Gasteiger partial charge in [0.05, 0.1) is 5.69 Å². The predicted octanol–water partition coefficient (Wildman–Crippen LogP) is 12.1. The summed E-state index contributed by atoms with van der Waals surface area (Å²) in [5.41, 5.74) is 7.73. The molecule has 0 radical (unpaired) electrons. The zero-order chi connectivity index (χ0) is 36.5. The largest absolute Gasteiger partial charge is 0.339 e. The molecule has 258 valence electrons. The van der Waals surface area contributed by atoms with Crippen molar-refractivity contribution in [2.75, 3.05) is 0 Å². The minimum Gasteiger partial charge on any atom is -0.339 e. The Bertz CT molecular complexity index is 3250. The third-order valence-electron chi connectivity index (χ3n) is 11.5. The van der Waals surface area contributed by atoms with E-state index in [4.69, 9.17) is 24.9 Å². The van der Waals surface area contributed by atoms with Crippen molar-refractivity contribution in [1.82, 2.24) is 34.9 Å². The number of aromatic nitrogens is 7. The van der Waals surface area contributed by atoms with Crippen LogP contribution in [0.3, 0.4) is 0 Å². The molecule has 2 aliphatic heterocycles. The maximum absolute atomic E-state index is 5.35. The summed E-state index contributed by atoms with van der Waals surface area (Å²) in [6.45, 7) is 0. The number of hydrogen-bond acceptors (Lipinski definition) is 5. The van der Waals surface area contributed by atoms with Crippen molar-refractivity contribution in [3.8, 4) is 45.4 Å². The molecule has 0 saturated heterocycles. The van der Waals surface area contributed by atoms with Crippen LogP contribution in [0, 0.1) is 0 Å². The molecule has 56 heavy (non-hydrogen) atoms. The molecule has 0 amide bonds. The highest BCUT2D eigenvalue weighted by atomic mass is 15.0. The molecule has 7 heteroatoms. The highest BCUT2D eigenvalue weighted by molar-refractivity contribution is 6.14. The summed E-state index contributed by atoms with van der Waals surface area (Å²) in [6, 6.07) is 53.5. The van der Waals surface area contributed by atoms with Crippen molar-refractivity contribution in [2.24, 2.45) is 0 Å². The number of benzene rings is 8. The van der Waals surface area contributed by atoms with Crippen LogP contribution in [0.2, 0.25) is 0 Å². The number of nitrogens with zero attached hydrogens (tertiary/aromatic N) is 5. The number of hydrogen-bond donors (Lipinski definition) is 2. The second-order valence-electron chi connectivity index (χ2n) is 14.7. The molecule has 0 fully saturated rings. The fourth-order valence-electron chi connectivity index (χ4n) is 8.70. The second-order valence-corrected chi connectivity index (χ2v) is 14.7. The van der Waals surface area contributed by atoms with E-state index < -0.39 is 0 Å². The Morgan fingerprint density at radius 3 is 1.09 bits per heavy atom. The van der Waals surface area contributed by atoms with Crippen LogP contribution in [-0.4, -0.2) is 34.9 Å². The van der Waals surface area contributed by atoms with Gasteiger partial charge in [-0.3, -0.25) is 0 Å². The first-order valence-electron chi connectivity index (χ1n) is 18.7. The number of fused-ring (bicyclic) bond motifs is 24. The lowest BCUT2D eigenvalue weighted by Crippen LogP contribution is -1.84. The molecule has 13 rings (SSSR count). The van der Waals surface area contributed by atoms with Gasteiger partial charge in [0.2, 0.25) is 0 Å². The van der Waals surface area contributed by atoms with Crippen LogP contribution < -0.4 is 0 Å². The van der Waals surface area contributed by atoms with E-state index in [2.05, 4.69) is 162 Å². The van der Waals surface area contributed by atoms with Crippen LogP contribution in [0.1, 0.15) is 0 Å². The number of nitrogens with one attached hydrogen (secondary N) is 2. The molecule has 11 aromatic rings. The Labute approximate surface area is 318 Å². The van der Waals surface area contributed by atoms with Gasteiger partial charge in [-0.2, -0.15) is 0 Å². The topological polar surface area (TPSA) is 96.0 Å². The maximum atomic E-state index is 5.35. The van der Waals surface area contributed by atoms with E-state index >= 15 is 0 Å². The molecule has 2 N–H and O–H groups in total. The fraction of sp³-hybridized carbons (Fsp3) is 0. The Morgan fingerprint density at radius 2 is 0.625 bits per heavy atom. The van der Waals surface area contributed by atoms with Crippen LogP contribution >= 0.6 is 0 Å². The van der Waals surface area contributed by atoms with Gasteiger partial charge in [-0.1, -0.05) is 97.1 Å². The number of rotatable bonds is 0. The second kappa shape index (κ2) is 10.9. The average Bonchev–Trinajstić information content (AvgIpc) is 3.95. The summed E-state index contributed by atoms with van der Waals surface area (Å²) in [6.07, 6.45) is 0. The van der Waals surface area contributed by atoms with E-state index in [1.54, 1.807) is 0 Å². The lowest BCUT2D eigenvalue weighted by molar-refractivity contribution is 1.21. The SMILES string of the molecule is c1ccc2cc3c(cc2c1)-c1cc2[nH]c(nc4nc(nc5[nH]c(nc-3n1)c1cc3ccccc3cc51)-c1cc3ccccc3cc1-4)c1cc3ccccc3cc21. The van der Waals surface area contributed by atoms with Gasteiger partial charge in [0.15, 0.2) is 17.5 Å². The molecule has 0 aliphatic carbocycles. The van der Waals surface area contributed by atoms with Crippen LogP contribution in [0.4, 0.5) is 0 Å². The Morgan fingerprint density at radius 1 is 0.286 bits per heavy atom.